The summed E-state index contributed by atoms with van der Waals surface area (Å²) < 4.78 is 0. The minimum absolute atomic E-state index is 0.102. The molecule has 36 heavy (non-hydrogen) atoms. The SMILES string of the molecule is CC(C)C(NC(=O)C(Cc1ccccc1)NC(=O)C(Cc1ccccc1)NC(=O)C(N)CO)C(=O)O. The van der Waals surface area contributed by atoms with Crippen LogP contribution in [-0.2, 0) is 32.0 Å². The maximum absolute atomic E-state index is 13.3. The van der Waals surface area contributed by atoms with Crippen molar-refractivity contribution in [2.24, 2.45) is 11.7 Å². The minimum atomic E-state index is -1.22. The van der Waals surface area contributed by atoms with Crippen molar-refractivity contribution in [2.75, 3.05) is 6.61 Å². The van der Waals surface area contributed by atoms with E-state index in [2.05, 4.69) is 16.0 Å². The Morgan fingerprint density at radius 3 is 1.56 bits per heavy atom. The van der Waals surface area contributed by atoms with E-state index in [9.17, 15) is 29.4 Å². The van der Waals surface area contributed by atoms with Crippen LogP contribution in [0.1, 0.15) is 25.0 Å². The van der Waals surface area contributed by atoms with Gasteiger partial charge in [-0.3, -0.25) is 14.4 Å². The highest BCUT2D eigenvalue weighted by Gasteiger charge is 2.31. The zero-order chi connectivity index (χ0) is 26.7. The molecule has 0 heterocycles. The van der Waals surface area contributed by atoms with Gasteiger partial charge in [0.2, 0.25) is 17.7 Å². The van der Waals surface area contributed by atoms with Gasteiger partial charge < -0.3 is 31.9 Å². The summed E-state index contributed by atoms with van der Waals surface area (Å²) in [5.41, 5.74) is 7.11. The molecule has 0 aliphatic heterocycles. The monoisotopic (exact) mass is 498 g/mol. The number of hydrogen-bond acceptors (Lipinski definition) is 6. The summed E-state index contributed by atoms with van der Waals surface area (Å²) >= 11 is 0. The Morgan fingerprint density at radius 1 is 0.750 bits per heavy atom. The second-order valence-corrected chi connectivity index (χ2v) is 8.86. The van der Waals surface area contributed by atoms with Gasteiger partial charge in [-0.2, -0.15) is 0 Å². The summed E-state index contributed by atoms with van der Waals surface area (Å²) in [6, 6.07) is 13.3. The summed E-state index contributed by atoms with van der Waals surface area (Å²) in [6.07, 6.45) is 0.213. The van der Waals surface area contributed by atoms with Crippen LogP contribution in [0.2, 0.25) is 0 Å². The summed E-state index contributed by atoms with van der Waals surface area (Å²) in [4.78, 5) is 50.4. The van der Waals surface area contributed by atoms with E-state index in [1.165, 1.54) is 0 Å². The zero-order valence-electron chi connectivity index (χ0n) is 20.4. The third-order valence-corrected chi connectivity index (χ3v) is 5.60. The number of carboxylic acid groups (broad SMARTS) is 1. The molecule has 4 unspecified atom stereocenters. The van der Waals surface area contributed by atoms with Crippen molar-refractivity contribution in [2.45, 2.75) is 50.9 Å². The van der Waals surface area contributed by atoms with Crippen LogP contribution < -0.4 is 21.7 Å². The predicted octanol–water partition coefficient (Wildman–Crippen LogP) is -0.0136. The molecule has 10 heteroatoms. The number of aliphatic carboxylic acids is 1. The molecule has 7 N–H and O–H groups in total. The van der Waals surface area contributed by atoms with E-state index < -0.39 is 54.5 Å². The molecule has 0 spiro atoms. The highest BCUT2D eigenvalue weighted by molar-refractivity contribution is 5.94. The number of benzene rings is 2. The average Bonchev–Trinajstić information content (AvgIpc) is 2.86. The molecular weight excluding hydrogens is 464 g/mol. The van der Waals surface area contributed by atoms with Crippen LogP contribution in [0.25, 0.3) is 0 Å². The lowest BCUT2D eigenvalue weighted by atomic mass is 10.0. The van der Waals surface area contributed by atoms with Crippen LogP contribution in [0, 0.1) is 5.92 Å². The molecule has 4 atom stereocenters. The Balaban J connectivity index is 2.29. The van der Waals surface area contributed by atoms with Crippen molar-refractivity contribution in [3.05, 3.63) is 71.8 Å². The largest absolute Gasteiger partial charge is 0.480 e. The van der Waals surface area contributed by atoms with Crippen LogP contribution in [0.5, 0.6) is 0 Å². The van der Waals surface area contributed by atoms with Gasteiger partial charge >= 0.3 is 5.97 Å². The molecule has 0 aliphatic carbocycles. The van der Waals surface area contributed by atoms with Crippen molar-refractivity contribution in [1.29, 1.82) is 0 Å². The first kappa shape index (κ1) is 28.5. The quantitative estimate of drug-likeness (QED) is 0.225. The lowest BCUT2D eigenvalue weighted by Crippen LogP contribution is -2.58. The third kappa shape index (κ3) is 8.79. The summed E-state index contributed by atoms with van der Waals surface area (Å²) in [7, 11) is 0. The average molecular weight is 499 g/mol. The number of amides is 3. The molecule has 0 saturated carbocycles. The van der Waals surface area contributed by atoms with E-state index >= 15 is 0 Å². The van der Waals surface area contributed by atoms with Gasteiger partial charge in [0.1, 0.15) is 24.2 Å². The molecule has 0 fully saturated rings. The Labute approximate surface area is 210 Å². The number of carbonyl (C=O) groups excluding carboxylic acids is 3. The van der Waals surface area contributed by atoms with Crippen LogP contribution in [0.4, 0.5) is 0 Å². The molecule has 2 rings (SSSR count). The van der Waals surface area contributed by atoms with E-state index in [0.29, 0.717) is 0 Å². The minimum Gasteiger partial charge on any atom is -0.480 e. The van der Waals surface area contributed by atoms with E-state index in [1.54, 1.807) is 62.4 Å². The molecule has 0 aliphatic rings. The molecule has 0 bridgehead atoms. The Bertz CT molecular complexity index is 1020. The Hall–Kier alpha value is -3.76. The fourth-order valence-corrected chi connectivity index (χ4v) is 3.52. The first-order valence-electron chi connectivity index (χ1n) is 11.7. The Kier molecular flexibility index (Phi) is 11.0. The van der Waals surface area contributed by atoms with Crippen molar-refractivity contribution in [1.82, 2.24) is 16.0 Å². The number of carbonyl (C=O) groups is 4. The van der Waals surface area contributed by atoms with Crippen molar-refractivity contribution >= 4 is 23.7 Å². The number of nitrogens with two attached hydrogens (primary N) is 1. The number of carboxylic acids is 1. The van der Waals surface area contributed by atoms with Gasteiger partial charge in [0.15, 0.2) is 0 Å². The van der Waals surface area contributed by atoms with Crippen LogP contribution in [-0.4, -0.2) is 64.7 Å². The number of aliphatic hydroxyl groups excluding tert-OH is 1. The summed E-state index contributed by atoms with van der Waals surface area (Å²) in [6.45, 7) is 2.73. The normalized spacial score (nSPS) is 14.2. The third-order valence-electron chi connectivity index (χ3n) is 5.60. The molecular formula is C26H34N4O6. The van der Waals surface area contributed by atoms with Gasteiger partial charge in [-0.05, 0) is 17.0 Å². The predicted molar refractivity (Wildman–Crippen MR) is 134 cm³/mol. The fourth-order valence-electron chi connectivity index (χ4n) is 3.52. The second kappa shape index (κ2) is 14.0. The number of hydrogen-bond donors (Lipinski definition) is 6. The summed E-state index contributed by atoms with van der Waals surface area (Å²) in [5, 5.41) is 26.4. The topological polar surface area (TPSA) is 171 Å². The van der Waals surface area contributed by atoms with E-state index in [-0.39, 0.29) is 18.8 Å². The van der Waals surface area contributed by atoms with Crippen molar-refractivity contribution in [3.8, 4) is 0 Å². The highest BCUT2D eigenvalue weighted by atomic mass is 16.4. The highest BCUT2D eigenvalue weighted by Crippen LogP contribution is 2.09. The van der Waals surface area contributed by atoms with Crippen molar-refractivity contribution < 1.29 is 29.4 Å². The van der Waals surface area contributed by atoms with Gasteiger partial charge in [-0.15, -0.1) is 0 Å². The smallest absolute Gasteiger partial charge is 0.326 e. The molecule has 0 aromatic heterocycles. The van der Waals surface area contributed by atoms with E-state index in [0.717, 1.165) is 11.1 Å². The maximum Gasteiger partial charge on any atom is 0.326 e. The number of aliphatic hydroxyl groups is 1. The van der Waals surface area contributed by atoms with Crippen molar-refractivity contribution in [3.63, 3.8) is 0 Å². The molecule has 2 aromatic carbocycles. The zero-order valence-corrected chi connectivity index (χ0v) is 20.4. The molecule has 0 radical (unpaired) electrons. The van der Waals surface area contributed by atoms with Gasteiger partial charge in [0.25, 0.3) is 0 Å². The first-order chi connectivity index (χ1) is 17.1. The fraction of sp³-hybridized carbons (Fsp3) is 0.385. The lowest BCUT2D eigenvalue weighted by molar-refractivity contribution is -0.143. The van der Waals surface area contributed by atoms with Gasteiger partial charge in [0, 0.05) is 12.8 Å². The standard InChI is InChI=1S/C26H34N4O6/c1-16(2)22(26(35)36)30-25(34)21(14-18-11-7-4-8-12-18)29-24(33)20(28-23(32)19(27)15-31)13-17-9-5-3-6-10-17/h3-12,16,19-22,31H,13-15,27H2,1-2H3,(H,28,32)(H,29,33)(H,30,34)(H,35,36). The first-order valence-corrected chi connectivity index (χ1v) is 11.7. The lowest BCUT2D eigenvalue weighted by Gasteiger charge is -2.26. The maximum atomic E-state index is 13.3. The second-order valence-electron chi connectivity index (χ2n) is 8.86. The van der Waals surface area contributed by atoms with E-state index in [4.69, 9.17) is 5.73 Å². The van der Waals surface area contributed by atoms with Gasteiger partial charge in [-0.1, -0.05) is 74.5 Å². The molecule has 194 valence electrons. The van der Waals surface area contributed by atoms with Crippen LogP contribution >= 0.6 is 0 Å². The van der Waals surface area contributed by atoms with E-state index in [1.807, 2.05) is 12.1 Å². The summed E-state index contributed by atoms with van der Waals surface area (Å²) in [5.74, 6) is -3.60. The Morgan fingerprint density at radius 2 is 1.17 bits per heavy atom. The molecule has 3 amide bonds. The number of rotatable bonds is 13. The molecule has 10 nitrogen and oxygen atoms in total. The molecule has 2 aromatic rings. The molecule has 0 saturated heterocycles. The van der Waals surface area contributed by atoms with Gasteiger partial charge in [0.05, 0.1) is 6.61 Å². The van der Waals surface area contributed by atoms with Gasteiger partial charge in [-0.25, -0.2) is 4.79 Å². The van der Waals surface area contributed by atoms with Crippen LogP contribution in [0.15, 0.2) is 60.7 Å². The number of nitrogens with one attached hydrogen (secondary N) is 3. The van der Waals surface area contributed by atoms with Crippen LogP contribution in [0.3, 0.4) is 0 Å².